The lowest BCUT2D eigenvalue weighted by atomic mass is 10.2. The molecule has 110 valence electrons. The van der Waals surface area contributed by atoms with Crippen molar-refractivity contribution in [2.24, 2.45) is 0 Å². The Morgan fingerprint density at radius 2 is 2.25 bits per heavy atom. The highest BCUT2D eigenvalue weighted by atomic mass is 16.5. The van der Waals surface area contributed by atoms with Crippen molar-refractivity contribution in [3.63, 3.8) is 0 Å². The second kappa shape index (κ2) is 6.61. The van der Waals surface area contributed by atoms with Gasteiger partial charge in [0.2, 0.25) is 0 Å². The summed E-state index contributed by atoms with van der Waals surface area (Å²) in [4.78, 5) is 13.6. The van der Waals surface area contributed by atoms with Crippen LogP contribution in [0.4, 0.5) is 0 Å². The summed E-state index contributed by atoms with van der Waals surface area (Å²) < 4.78 is 11.1. The third kappa shape index (κ3) is 3.22. The molecular weight excluding hydrogens is 256 g/mol. The number of hydrogen-bond acceptors (Lipinski definition) is 4. The molecule has 0 bridgehead atoms. The minimum Gasteiger partial charge on any atom is -0.497 e. The van der Waals surface area contributed by atoms with E-state index in [1.54, 1.807) is 19.1 Å². The lowest BCUT2D eigenvalue weighted by Crippen LogP contribution is -2.29. The van der Waals surface area contributed by atoms with E-state index in [4.69, 9.17) is 9.47 Å². The average Bonchev–Trinajstić information content (AvgIpc) is 2.78. The number of carbonyl (C=O) groups is 1. The first kappa shape index (κ1) is 14.7. The van der Waals surface area contributed by atoms with E-state index in [0.29, 0.717) is 6.54 Å². The van der Waals surface area contributed by atoms with Crippen molar-refractivity contribution < 1.29 is 14.3 Å². The number of methoxy groups -OCH3 is 1. The van der Waals surface area contributed by atoms with Crippen molar-refractivity contribution in [3.05, 3.63) is 23.8 Å². The van der Waals surface area contributed by atoms with Crippen LogP contribution in [0.3, 0.4) is 0 Å². The third-order valence-electron chi connectivity index (χ3n) is 3.49. The van der Waals surface area contributed by atoms with Gasteiger partial charge >= 0.3 is 0 Å². The van der Waals surface area contributed by atoms with E-state index in [1.807, 2.05) is 18.2 Å². The molecule has 0 spiro atoms. The van der Waals surface area contributed by atoms with Crippen molar-refractivity contribution in [2.45, 2.75) is 26.0 Å². The maximum Gasteiger partial charge on any atom is 0.263 e. The van der Waals surface area contributed by atoms with E-state index >= 15 is 0 Å². The van der Waals surface area contributed by atoms with E-state index in [-0.39, 0.29) is 12.0 Å². The number of ether oxygens (including phenoxy) is 2. The summed E-state index contributed by atoms with van der Waals surface area (Å²) >= 11 is 0. The summed E-state index contributed by atoms with van der Waals surface area (Å²) in [6.45, 7) is 4.40. The van der Waals surface area contributed by atoms with Gasteiger partial charge in [0.25, 0.3) is 5.91 Å². The van der Waals surface area contributed by atoms with Gasteiger partial charge in [-0.1, -0.05) is 13.0 Å². The van der Waals surface area contributed by atoms with E-state index in [9.17, 15) is 4.79 Å². The van der Waals surface area contributed by atoms with Crippen LogP contribution in [-0.2, 0) is 11.3 Å². The molecule has 1 saturated heterocycles. The first-order valence-corrected chi connectivity index (χ1v) is 6.95. The van der Waals surface area contributed by atoms with Gasteiger partial charge in [0.1, 0.15) is 11.5 Å². The zero-order valence-electron chi connectivity index (χ0n) is 12.3. The number of hydrogen-bond donors (Lipinski definition) is 1. The number of rotatable bonds is 6. The van der Waals surface area contributed by atoms with Gasteiger partial charge in [0, 0.05) is 38.2 Å². The van der Waals surface area contributed by atoms with E-state index in [1.165, 1.54) is 0 Å². The predicted octanol–water partition coefficient (Wildman–Crippen LogP) is 1.41. The molecule has 0 aromatic heterocycles. The quantitative estimate of drug-likeness (QED) is 0.855. The molecule has 1 atom stereocenters. The molecule has 1 amide bonds. The third-order valence-corrected chi connectivity index (χ3v) is 3.49. The van der Waals surface area contributed by atoms with E-state index < -0.39 is 0 Å². The van der Waals surface area contributed by atoms with Crippen LogP contribution in [0.15, 0.2) is 18.2 Å². The van der Waals surface area contributed by atoms with Crippen molar-refractivity contribution >= 4 is 5.91 Å². The lowest BCUT2D eigenvalue weighted by molar-refractivity contribution is -0.132. The van der Waals surface area contributed by atoms with Crippen LogP contribution >= 0.6 is 0 Å². The first-order valence-electron chi connectivity index (χ1n) is 6.95. The number of carbonyl (C=O) groups excluding carboxylic acids is 1. The van der Waals surface area contributed by atoms with Crippen LogP contribution in [-0.4, -0.2) is 44.2 Å². The van der Waals surface area contributed by atoms with Gasteiger partial charge in [-0.2, -0.15) is 0 Å². The normalized spacial score (nSPS) is 18.4. The predicted molar refractivity (Wildman–Crippen MR) is 77.0 cm³/mol. The maximum atomic E-state index is 11.9. The van der Waals surface area contributed by atoms with Crippen molar-refractivity contribution in [2.75, 3.05) is 27.2 Å². The minimum absolute atomic E-state index is 0.0437. The van der Waals surface area contributed by atoms with Crippen LogP contribution in [0.25, 0.3) is 0 Å². The fourth-order valence-corrected chi connectivity index (χ4v) is 2.23. The lowest BCUT2D eigenvalue weighted by Gasteiger charge is -2.17. The second-order valence-electron chi connectivity index (χ2n) is 4.91. The molecular formula is C15H22N2O3. The fourth-order valence-electron chi connectivity index (χ4n) is 2.23. The topological polar surface area (TPSA) is 50.8 Å². The van der Waals surface area contributed by atoms with Crippen LogP contribution in [0.5, 0.6) is 11.5 Å². The Hall–Kier alpha value is -1.75. The molecule has 0 aliphatic carbocycles. The zero-order valence-corrected chi connectivity index (χ0v) is 12.3. The molecule has 2 rings (SSSR count). The number of likely N-dealkylation sites (N-methyl/N-ethyl adjacent to an activating group) is 1. The highest BCUT2D eigenvalue weighted by molar-refractivity contribution is 5.83. The number of nitrogens with zero attached hydrogens (tertiary/aromatic N) is 1. The average molecular weight is 278 g/mol. The van der Waals surface area contributed by atoms with Crippen LogP contribution in [0.1, 0.15) is 18.9 Å². The molecule has 1 aromatic carbocycles. The summed E-state index contributed by atoms with van der Waals surface area (Å²) in [5.74, 6) is 1.50. The number of likely N-dealkylation sites (tertiary alicyclic amines) is 1. The SMILES string of the molecule is CCNCc1ccc(OC)cc1OC1CCN(C)C1=O. The first-order chi connectivity index (χ1) is 9.65. The summed E-state index contributed by atoms with van der Waals surface area (Å²) in [6, 6.07) is 5.72. The summed E-state index contributed by atoms with van der Waals surface area (Å²) in [5, 5.41) is 3.27. The largest absolute Gasteiger partial charge is 0.497 e. The van der Waals surface area contributed by atoms with Crippen LogP contribution in [0.2, 0.25) is 0 Å². The van der Waals surface area contributed by atoms with Crippen LogP contribution in [0, 0.1) is 0 Å². The van der Waals surface area contributed by atoms with Gasteiger partial charge in [0.05, 0.1) is 7.11 Å². The van der Waals surface area contributed by atoms with Gasteiger partial charge in [-0.15, -0.1) is 0 Å². The highest BCUT2D eigenvalue weighted by Gasteiger charge is 2.31. The molecule has 1 unspecified atom stereocenters. The number of benzene rings is 1. The van der Waals surface area contributed by atoms with Gasteiger partial charge in [-0.25, -0.2) is 0 Å². The Balaban J connectivity index is 2.17. The maximum absolute atomic E-state index is 11.9. The molecule has 20 heavy (non-hydrogen) atoms. The van der Waals surface area contributed by atoms with Crippen molar-refractivity contribution in [1.29, 1.82) is 0 Å². The Morgan fingerprint density at radius 3 is 2.85 bits per heavy atom. The number of amides is 1. The standard InChI is InChI=1S/C15H22N2O3/c1-4-16-10-11-5-6-12(19-3)9-14(11)20-13-7-8-17(2)15(13)18/h5-6,9,13,16H,4,7-8,10H2,1-3H3. The molecule has 1 aliphatic rings. The van der Waals surface area contributed by atoms with Gasteiger partial charge in [0.15, 0.2) is 6.10 Å². The molecule has 0 radical (unpaired) electrons. The highest BCUT2D eigenvalue weighted by Crippen LogP contribution is 2.27. The van der Waals surface area contributed by atoms with E-state index in [2.05, 4.69) is 12.2 Å². The Morgan fingerprint density at radius 1 is 1.45 bits per heavy atom. The molecule has 1 heterocycles. The fraction of sp³-hybridized carbons (Fsp3) is 0.533. The molecule has 0 saturated carbocycles. The van der Waals surface area contributed by atoms with Gasteiger partial charge < -0.3 is 19.7 Å². The molecule has 1 aliphatic heterocycles. The molecule has 1 N–H and O–H groups in total. The van der Waals surface area contributed by atoms with Crippen molar-refractivity contribution in [3.8, 4) is 11.5 Å². The Labute approximate surface area is 119 Å². The number of nitrogens with one attached hydrogen (secondary N) is 1. The molecule has 5 heteroatoms. The molecule has 1 aromatic rings. The minimum atomic E-state index is -0.382. The van der Waals surface area contributed by atoms with Gasteiger partial charge in [-0.05, 0) is 12.6 Å². The van der Waals surface area contributed by atoms with E-state index in [0.717, 1.165) is 36.6 Å². The monoisotopic (exact) mass is 278 g/mol. The smallest absolute Gasteiger partial charge is 0.263 e. The Bertz CT molecular complexity index is 476. The van der Waals surface area contributed by atoms with Crippen molar-refractivity contribution in [1.82, 2.24) is 10.2 Å². The summed E-state index contributed by atoms with van der Waals surface area (Å²) in [5.41, 5.74) is 1.04. The van der Waals surface area contributed by atoms with Crippen LogP contribution < -0.4 is 14.8 Å². The molecule has 5 nitrogen and oxygen atoms in total. The second-order valence-corrected chi connectivity index (χ2v) is 4.91. The van der Waals surface area contributed by atoms with Gasteiger partial charge in [-0.3, -0.25) is 4.79 Å². The summed E-state index contributed by atoms with van der Waals surface area (Å²) in [7, 11) is 3.42. The molecule has 1 fully saturated rings. The zero-order chi connectivity index (χ0) is 14.5. The summed E-state index contributed by atoms with van der Waals surface area (Å²) in [6.07, 6.45) is 0.347. The Kier molecular flexibility index (Phi) is 4.84.